The fraction of sp³-hybridized carbons (Fsp3) is 0.154. The number of aliphatic hydroxyl groups is 1. The van der Waals surface area contributed by atoms with Gasteiger partial charge in [0.1, 0.15) is 11.5 Å². The molecule has 2 aromatic rings. The van der Waals surface area contributed by atoms with Crippen LogP contribution in [0.2, 0.25) is 0 Å². The first-order valence-electron chi connectivity index (χ1n) is 5.29. The van der Waals surface area contributed by atoms with Gasteiger partial charge in [-0.25, -0.2) is 4.39 Å². The van der Waals surface area contributed by atoms with Crippen molar-refractivity contribution in [2.24, 2.45) is 5.73 Å². The van der Waals surface area contributed by atoms with Gasteiger partial charge in [-0.05, 0) is 17.7 Å². The van der Waals surface area contributed by atoms with Crippen LogP contribution in [0.25, 0.3) is 11.3 Å². The monoisotopic (exact) mass is 232 g/mol. The normalized spacial score (nSPS) is 12.4. The molecule has 0 unspecified atom stereocenters. The highest BCUT2D eigenvalue weighted by atomic mass is 19.1. The average molecular weight is 232 g/mol. The molecule has 0 aliphatic heterocycles. The molecule has 1 aromatic carbocycles. The molecule has 88 valence electrons. The van der Waals surface area contributed by atoms with Gasteiger partial charge in [0.15, 0.2) is 0 Å². The van der Waals surface area contributed by atoms with Crippen LogP contribution in [0.1, 0.15) is 11.6 Å². The number of hydrogen-bond acceptors (Lipinski definition) is 3. The molecule has 0 fully saturated rings. The van der Waals surface area contributed by atoms with E-state index in [4.69, 9.17) is 10.8 Å². The number of aliphatic hydroxyl groups excluding tert-OH is 1. The van der Waals surface area contributed by atoms with Crippen LogP contribution < -0.4 is 5.73 Å². The Morgan fingerprint density at radius 1 is 1.24 bits per heavy atom. The van der Waals surface area contributed by atoms with Gasteiger partial charge in [-0.15, -0.1) is 0 Å². The Kier molecular flexibility index (Phi) is 3.46. The minimum absolute atomic E-state index is 0.114. The summed E-state index contributed by atoms with van der Waals surface area (Å²) in [7, 11) is 0. The number of rotatable bonds is 3. The molecule has 0 bridgehead atoms. The number of halogens is 1. The molecule has 1 aromatic heterocycles. The second-order valence-corrected chi connectivity index (χ2v) is 3.74. The molecule has 0 aliphatic rings. The van der Waals surface area contributed by atoms with Crippen molar-refractivity contribution in [1.29, 1.82) is 0 Å². The standard InChI is InChI=1S/C13H13FN2O/c14-11-2-1-7-16-13(11)10-5-3-9(4-6-10)12(15)8-17/h1-7,12,17H,8,15H2/t12-/m0/s1. The van der Waals surface area contributed by atoms with Gasteiger partial charge in [-0.1, -0.05) is 24.3 Å². The number of hydrogen-bond donors (Lipinski definition) is 2. The third-order valence-electron chi connectivity index (χ3n) is 2.57. The zero-order valence-electron chi connectivity index (χ0n) is 9.18. The third-order valence-corrected chi connectivity index (χ3v) is 2.57. The third kappa shape index (κ3) is 2.49. The van der Waals surface area contributed by atoms with Gasteiger partial charge >= 0.3 is 0 Å². The summed E-state index contributed by atoms with van der Waals surface area (Å²) in [5, 5.41) is 8.92. The molecule has 2 rings (SSSR count). The molecule has 0 radical (unpaired) electrons. The van der Waals surface area contributed by atoms with Gasteiger partial charge in [-0.3, -0.25) is 4.98 Å². The lowest BCUT2D eigenvalue weighted by atomic mass is 10.0. The highest BCUT2D eigenvalue weighted by Gasteiger charge is 2.07. The quantitative estimate of drug-likeness (QED) is 0.849. The van der Waals surface area contributed by atoms with Gasteiger partial charge in [0.25, 0.3) is 0 Å². The number of nitrogens with zero attached hydrogens (tertiary/aromatic N) is 1. The molecule has 0 saturated carbocycles. The molecule has 4 heteroatoms. The number of pyridine rings is 1. The molecule has 0 spiro atoms. The van der Waals surface area contributed by atoms with Gasteiger partial charge in [0.05, 0.1) is 12.6 Å². The summed E-state index contributed by atoms with van der Waals surface area (Å²) >= 11 is 0. The summed E-state index contributed by atoms with van der Waals surface area (Å²) in [4.78, 5) is 3.99. The van der Waals surface area contributed by atoms with Gasteiger partial charge in [0, 0.05) is 11.8 Å². The van der Waals surface area contributed by atoms with Crippen molar-refractivity contribution in [3.8, 4) is 11.3 Å². The fourth-order valence-electron chi connectivity index (χ4n) is 1.59. The van der Waals surface area contributed by atoms with Crippen molar-refractivity contribution in [1.82, 2.24) is 4.98 Å². The maximum absolute atomic E-state index is 13.5. The smallest absolute Gasteiger partial charge is 0.149 e. The molecular formula is C13H13FN2O. The van der Waals surface area contributed by atoms with Gasteiger partial charge < -0.3 is 10.8 Å². The molecular weight excluding hydrogens is 219 g/mol. The summed E-state index contributed by atoms with van der Waals surface area (Å²) in [5.74, 6) is -0.355. The first kappa shape index (κ1) is 11.7. The van der Waals surface area contributed by atoms with Crippen LogP contribution in [0.5, 0.6) is 0 Å². The van der Waals surface area contributed by atoms with Crippen LogP contribution in [0.4, 0.5) is 4.39 Å². The van der Waals surface area contributed by atoms with Crippen LogP contribution in [0.3, 0.4) is 0 Å². The van der Waals surface area contributed by atoms with Crippen molar-refractivity contribution in [3.05, 3.63) is 54.0 Å². The van der Waals surface area contributed by atoms with E-state index in [1.807, 2.05) is 0 Å². The van der Waals surface area contributed by atoms with E-state index in [0.717, 1.165) is 5.56 Å². The van der Waals surface area contributed by atoms with E-state index in [9.17, 15) is 4.39 Å². The Balaban J connectivity index is 2.33. The molecule has 1 heterocycles. The van der Waals surface area contributed by atoms with Gasteiger partial charge in [0.2, 0.25) is 0 Å². The SMILES string of the molecule is N[C@@H](CO)c1ccc(-c2ncccc2F)cc1. The van der Waals surface area contributed by atoms with E-state index in [1.54, 1.807) is 36.5 Å². The number of aromatic nitrogens is 1. The fourth-order valence-corrected chi connectivity index (χ4v) is 1.59. The Labute approximate surface area is 98.7 Å². The van der Waals surface area contributed by atoms with Gasteiger partial charge in [-0.2, -0.15) is 0 Å². The Hall–Kier alpha value is -1.78. The molecule has 3 N–H and O–H groups in total. The summed E-state index contributed by atoms with van der Waals surface area (Å²) < 4.78 is 13.5. The van der Waals surface area contributed by atoms with E-state index in [0.29, 0.717) is 11.3 Å². The summed E-state index contributed by atoms with van der Waals surface area (Å²) in [6.45, 7) is -0.114. The summed E-state index contributed by atoms with van der Waals surface area (Å²) in [6, 6.07) is 9.55. The first-order valence-corrected chi connectivity index (χ1v) is 5.29. The van der Waals surface area contributed by atoms with E-state index < -0.39 is 6.04 Å². The molecule has 3 nitrogen and oxygen atoms in total. The van der Waals surface area contributed by atoms with E-state index in [1.165, 1.54) is 6.07 Å². The van der Waals surface area contributed by atoms with Crippen molar-refractivity contribution in [3.63, 3.8) is 0 Å². The summed E-state index contributed by atoms with van der Waals surface area (Å²) in [6.07, 6.45) is 1.55. The predicted octanol–water partition coefficient (Wildman–Crippen LogP) is 1.88. The van der Waals surface area contributed by atoms with Crippen molar-refractivity contribution in [2.75, 3.05) is 6.61 Å². The minimum Gasteiger partial charge on any atom is -0.394 e. The Bertz CT molecular complexity index is 499. The molecule has 0 aliphatic carbocycles. The lowest BCUT2D eigenvalue weighted by Gasteiger charge is -2.09. The molecule has 0 amide bonds. The Morgan fingerprint density at radius 3 is 2.53 bits per heavy atom. The molecule has 1 atom stereocenters. The number of nitrogens with two attached hydrogens (primary N) is 1. The average Bonchev–Trinajstić information content (AvgIpc) is 2.39. The van der Waals surface area contributed by atoms with Crippen LogP contribution in [0.15, 0.2) is 42.6 Å². The van der Waals surface area contributed by atoms with Crippen LogP contribution in [0, 0.1) is 5.82 Å². The second kappa shape index (κ2) is 5.03. The highest BCUT2D eigenvalue weighted by molar-refractivity contribution is 5.59. The first-order chi connectivity index (χ1) is 8.22. The largest absolute Gasteiger partial charge is 0.394 e. The van der Waals surface area contributed by atoms with E-state index >= 15 is 0 Å². The lowest BCUT2D eigenvalue weighted by Crippen LogP contribution is -2.14. The van der Waals surface area contributed by atoms with Crippen molar-refractivity contribution in [2.45, 2.75) is 6.04 Å². The topological polar surface area (TPSA) is 59.1 Å². The van der Waals surface area contributed by atoms with Crippen molar-refractivity contribution < 1.29 is 9.50 Å². The highest BCUT2D eigenvalue weighted by Crippen LogP contribution is 2.21. The van der Waals surface area contributed by atoms with E-state index in [2.05, 4.69) is 4.98 Å². The predicted molar refractivity (Wildman–Crippen MR) is 63.6 cm³/mol. The lowest BCUT2D eigenvalue weighted by molar-refractivity contribution is 0.268. The maximum atomic E-state index is 13.5. The zero-order valence-corrected chi connectivity index (χ0v) is 9.18. The Morgan fingerprint density at radius 2 is 1.94 bits per heavy atom. The molecule has 0 saturated heterocycles. The number of benzene rings is 1. The van der Waals surface area contributed by atoms with Crippen molar-refractivity contribution >= 4 is 0 Å². The maximum Gasteiger partial charge on any atom is 0.149 e. The van der Waals surface area contributed by atoms with Crippen LogP contribution in [-0.2, 0) is 0 Å². The van der Waals surface area contributed by atoms with Crippen LogP contribution >= 0.6 is 0 Å². The summed E-state index contributed by atoms with van der Waals surface area (Å²) in [5.41, 5.74) is 7.49. The van der Waals surface area contributed by atoms with E-state index in [-0.39, 0.29) is 12.4 Å². The molecule has 17 heavy (non-hydrogen) atoms. The minimum atomic E-state index is -0.405. The second-order valence-electron chi connectivity index (χ2n) is 3.74. The zero-order chi connectivity index (χ0) is 12.3. The van der Waals surface area contributed by atoms with Crippen LogP contribution in [-0.4, -0.2) is 16.7 Å².